The van der Waals surface area contributed by atoms with E-state index in [1.54, 1.807) is 19.1 Å². The standard InChI is InChI=1S/C11H16N2O3S/c1-3-4-11(14)13-9-6-5-8(2)10(7-9)17(12,15)16/h5-7H,3-4H2,1-2H3,(H,13,14)(H2,12,15,16). The van der Waals surface area contributed by atoms with Gasteiger partial charge in [0, 0.05) is 12.1 Å². The summed E-state index contributed by atoms with van der Waals surface area (Å²) < 4.78 is 22.6. The Morgan fingerprint density at radius 2 is 2.06 bits per heavy atom. The molecule has 0 aliphatic heterocycles. The lowest BCUT2D eigenvalue weighted by molar-refractivity contribution is -0.116. The van der Waals surface area contributed by atoms with E-state index in [2.05, 4.69) is 5.32 Å². The molecule has 6 heteroatoms. The van der Waals surface area contributed by atoms with Crippen LogP contribution in [0.5, 0.6) is 0 Å². The molecule has 1 aromatic rings. The molecule has 0 radical (unpaired) electrons. The summed E-state index contributed by atoms with van der Waals surface area (Å²) in [5.41, 5.74) is 0.999. The monoisotopic (exact) mass is 256 g/mol. The molecular weight excluding hydrogens is 240 g/mol. The molecule has 5 nitrogen and oxygen atoms in total. The Kier molecular flexibility index (Phi) is 4.25. The Hall–Kier alpha value is -1.40. The lowest BCUT2D eigenvalue weighted by Crippen LogP contribution is -2.15. The summed E-state index contributed by atoms with van der Waals surface area (Å²) in [6.07, 6.45) is 1.14. The van der Waals surface area contributed by atoms with Gasteiger partial charge in [-0.15, -0.1) is 0 Å². The Morgan fingerprint density at radius 1 is 1.41 bits per heavy atom. The molecule has 0 saturated heterocycles. The van der Waals surface area contributed by atoms with Crippen molar-refractivity contribution >= 4 is 21.6 Å². The van der Waals surface area contributed by atoms with Crippen LogP contribution in [-0.2, 0) is 14.8 Å². The van der Waals surface area contributed by atoms with Gasteiger partial charge in [-0.2, -0.15) is 0 Å². The number of nitrogens with two attached hydrogens (primary N) is 1. The number of rotatable bonds is 4. The molecule has 0 aliphatic rings. The van der Waals surface area contributed by atoms with Crippen LogP contribution in [0.1, 0.15) is 25.3 Å². The topological polar surface area (TPSA) is 89.3 Å². The summed E-state index contributed by atoms with van der Waals surface area (Å²) in [6.45, 7) is 3.54. The number of nitrogens with one attached hydrogen (secondary N) is 1. The molecule has 0 bridgehead atoms. The fourth-order valence-electron chi connectivity index (χ4n) is 1.43. The van der Waals surface area contributed by atoms with E-state index in [0.29, 0.717) is 17.7 Å². The number of anilines is 1. The number of carbonyl (C=O) groups excluding carboxylic acids is 1. The quantitative estimate of drug-likeness (QED) is 0.852. The van der Waals surface area contributed by atoms with E-state index in [4.69, 9.17) is 5.14 Å². The van der Waals surface area contributed by atoms with E-state index < -0.39 is 10.0 Å². The van der Waals surface area contributed by atoms with Crippen molar-refractivity contribution in [1.82, 2.24) is 0 Å². The van der Waals surface area contributed by atoms with Crippen LogP contribution in [0.2, 0.25) is 0 Å². The molecule has 1 amide bonds. The number of carbonyl (C=O) groups is 1. The van der Waals surface area contributed by atoms with Gasteiger partial charge in [-0.25, -0.2) is 13.6 Å². The van der Waals surface area contributed by atoms with Gasteiger partial charge in [-0.05, 0) is 31.0 Å². The number of primary sulfonamides is 1. The summed E-state index contributed by atoms with van der Waals surface area (Å²) in [5.74, 6) is -0.142. The molecule has 1 rings (SSSR count). The first kappa shape index (κ1) is 13.7. The number of hydrogen-bond donors (Lipinski definition) is 2. The van der Waals surface area contributed by atoms with Gasteiger partial charge >= 0.3 is 0 Å². The van der Waals surface area contributed by atoms with Crippen molar-refractivity contribution in [2.45, 2.75) is 31.6 Å². The number of sulfonamides is 1. The molecule has 3 N–H and O–H groups in total. The van der Waals surface area contributed by atoms with E-state index in [1.165, 1.54) is 6.07 Å². The lowest BCUT2D eigenvalue weighted by atomic mass is 10.2. The minimum Gasteiger partial charge on any atom is -0.326 e. The second kappa shape index (κ2) is 5.29. The highest BCUT2D eigenvalue weighted by molar-refractivity contribution is 7.89. The second-order valence-corrected chi connectivity index (χ2v) is 5.35. The number of amides is 1. The van der Waals surface area contributed by atoms with Crippen LogP contribution in [0, 0.1) is 6.92 Å². The number of hydrogen-bond acceptors (Lipinski definition) is 3. The third kappa shape index (κ3) is 3.83. The highest BCUT2D eigenvalue weighted by atomic mass is 32.2. The molecule has 94 valence electrons. The molecule has 0 spiro atoms. The summed E-state index contributed by atoms with van der Waals surface area (Å²) in [4.78, 5) is 11.4. The van der Waals surface area contributed by atoms with Crippen LogP contribution in [0.3, 0.4) is 0 Å². The maximum absolute atomic E-state index is 11.4. The fraction of sp³-hybridized carbons (Fsp3) is 0.364. The van der Waals surface area contributed by atoms with Crippen LogP contribution >= 0.6 is 0 Å². The van der Waals surface area contributed by atoms with E-state index in [9.17, 15) is 13.2 Å². The van der Waals surface area contributed by atoms with Crippen molar-refractivity contribution in [1.29, 1.82) is 0 Å². The third-order valence-electron chi connectivity index (χ3n) is 2.26. The summed E-state index contributed by atoms with van der Waals surface area (Å²) in [6, 6.07) is 4.64. The van der Waals surface area contributed by atoms with Gasteiger partial charge in [0.25, 0.3) is 0 Å². The zero-order chi connectivity index (χ0) is 13.1. The van der Waals surface area contributed by atoms with E-state index >= 15 is 0 Å². The highest BCUT2D eigenvalue weighted by Crippen LogP contribution is 2.19. The SMILES string of the molecule is CCCC(=O)Nc1ccc(C)c(S(N)(=O)=O)c1. The van der Waals surface area contributed by atoms with Gasteiger partial charge in [0.05, 0.1) is 4.90 Å². The van der Waals surface area contributed by atoms with Crippen molar-refractivity contribution in [3.63, 3.8) is 0 Å². The summed E-state index contributed by atoms with van der Waals surface area (Å²) >= 11 is 0. The first-order chi connectivity index (χ1) is 7.84. The normalized spacial score (nSPS) is 11.2. The van der Waals surface area contributed by atoms with E-state index in [1.807, 2.05) is 6.92 Å². The highest BCUT2D eigenvalue weighted by Gasteiger charge is 2.12. The van der Waals surface area contributed by atoms with Crippen molar-refractivity contribution in [2.75, 3.05) is 5.32 Å². The Balaban J connectivity index is 3.02. The van der Waals surface area contributed by atoms with Crippen LogP contribution in [-0.4, -0.2) is 14.3 Å². The molecule has 0 aliphatic carbocycles. The first-order valence-corrected chi connectivity index (χ1v) is 6.82. The maximum atomic E-state index is 11.4. The van der Waals surface area contributed by atoms with E-state index in [-0.39, 0.29) is 10.8 Å². The molecule has 0 saturated carbocycles. The van der Waals surface area contributed by atoms with Crippen molar-refractivity contribution in [2.24, 2.45) is 5.14 Å². The fourth-order valence-corrected chi connectivity index (χ4v) is 2.24. The average molecular weight is 256 g/mol. The minimum atomic E-state index is -3.76. The van der Waals surface area contributed by atoms with Gasteiger partial charge in [0.2, 0.25) is 15.9 Å². The second-order valence-electron chi connectivity index (χ2n) is 3.82. The van der Waals surface area contributed by atoms with Gasteiger partial charge in [0.1, 0.15) is 0 Å². The predicted octanol–water partition coefficient (Wildman–Crippen LogP) is 1.38. The first-order valence-electron chi connectivity index (χ1n) is 5.28. The average Bonchev–Trinajstić information content (AvgIpc) is 2.19. The maximum Gasteiger partial charge on any atom is 0.238 e. The molecule has 0 fully saturated rings. The van der Waals surface area contributed by atoms with E-state index in [0.717, 1.165) is 6.42 Å². The van der Waals surface area contributed by atoms with Gasteiger partial charge in [-0.1, -0.05) is 13.0 Å². The zero-order valence-corrected chi connectivity index (χ0v) is 10.7. The molecule has 0 aromatic heterocycles. The number of benzene rings is 1. The lowest BCUT2D eigenvalue weighted by Gasteiger charge is -2.08. The molecule has 0 unspecified atom stereocenters. The smallest absolute Gasteiger partial charge is 0.238 e. The molecule has 1 aromatic carbocycles. The Labute approximate surface area is 101 Å². The van der Waals surface area contributed by atoms with Gasteiger partial charge in [0.15, 0.2) is 0 Å². The third-order valence-corrected chi connectivity index (χ3v) is 3.31. The van der Waals surface area contributed by atoms with Crippen LogP contribution in [0.4, 0.5) is 5.69 Å². The minimum absolute atomic E-state index is 0.0341. The largest absolute Gasteiger partial charge is 0.326 e. The molecule has 0 heterocycles. The zero-order valence-electron chi connectivity index (χ0n) is 9.86. The Bertz CT molecular complexity index is 524. The molecule has 0 atom stereocenters. The summed E-state index contributed by atoms with van der Waals surface area (Å²) in [5, 5.41) is 7.70. The van der Waals surface area contributed by atoms with Crippen LogP contribution in [0.25, 0.3) is 0 Å². The van der Waals surface area contributed by atoms with Crippen molar-refractivity contribution in [3.05, 3.63) is 23.8 Å². The van der Waals surface area contributed by atoms with Crippen LogP contribution in [0.15, 0.2) is 23.1 Å². The van der Waals surface area contributed by atoms with Crippen molar-refractivity contribution < 1.29 is 13.2 Å². The summed E-state index contributed by atoms with van der Waals surface area (Å²) in [7, 11) is -3.76. The Morgan fingerprint density at radius 3 is 2.59 bits per heavy atom. The van der Waals surface area contributed by atoms with Crippen LogP contribution < -0.4 is 10.5 Å². The van der Waals surface area contributed by atoms with Gasteiger partial charge < -0.3 is 5.32 Å². The predicted molar refractivity (Wildman–Crippen MR) is 66.1 cm³/mol. The van der Waals surface area contributed by atoms with Gasteiger partial charge in [-0.3, -0.25) is 4.79 Å². The molecule has 17 heavy (non-hydrogen) atoms. The molecular formula is C11H16N2O3S. The van der Waals surface area contributed by atoms with Crippen molar-refractivity contribution in [3.8, 4) is 0 Å². The number of aryl methyl sites for hydroxylation is 1.